The summed E-state index contributed by atoms with van der Waals surface area (Å²) in [5, 5.41) is 13.4. The average molecular weight is 400 g/mol. The Morgan fingerprint density at radius 3 is 2.82 bits per heavy atom. The minimum absolute atomic E-state index is 0.277. The van der Waals surface area contributed by atoms with Crippen LogP contribution < -0.4 is 10.1 Å². The van der Waals surface area contributed by atoms with Crippen molar-refractivity contribution in [3.05, 3.63) is 71.8 Å². The number of hydrogen-bond donors (Lipinski definition) is 3. The number of nitrogens with one attached hydrogen (secondary N) is 2. The molecule has 0 aliphatic rings. The molecule has 2 aromatic carbocycles. The molecule has 3 rings (SSSR count). The van der Waals surface area contributed by atoms with Gasteiger partial charge in [0.15, 0.2) is 0 Å². The number of hydrogen-bond acceptors (Lipinski definition) is 4. The fourth-order valence-corrected chi connectivity index (χ4v) is 3.06. The summed E-state index contributed by atoms with van der Waals surface area (Å²) in [6.07, 6.45) is 2.66. The van der Waals surface area contributed by atoms with Gasteiger partial charge in [0.25, 0.3) is 5.91 Å². The highest BCUT2D eigenvalue weighted by atomic mass is 35.5. The number of ether oxygens (including phenoxy) is 1. The SMILES string of the molecule is C[C@H](O)[C@@H](CCOc1cccc(-c2ccccc2Cl)c1)NC(=O)c1c[nH]cn1. The van der Waals surface area contributed by atoms with Crippen LogP contribution in [0, 0.1) is 0 Å². The van der Waals surface area contributed by atoms with Gasteiger partial charge in [-0.2, -0.15) is 0 Å². The van der Waals surface area contributed by atoms with Gasteiger partial charge in [0.1, 0.15) is 11.4 Å². The highest BCUT2D eigenvalue weighted by Gasteiger charge is 2.19. The molecule has 0 aliphatic heterocycles. The van der Waals surface area contributed by atoms with E-state index >= 15 is 0 Å². The normalized spacial score (nSPS) is 13.0. The summed E-state index contributed by atoms with van der Waals surface area (Å²) in [5.74, 6) is 0.355. The van der Waals surface area contributed by atoms with Crippen molar-refractivity contribution in [3.8, 4) is 16.9 Å². The van der Waals surface area contributed by atoms with Gasteiger partial charge < -0.3 is 20.1 Å². The van der Waals surface area contributed by atoms with Crippen molar-refractivity contribution < 1.29 is 14.6 Å². The molecule has 3 aromatic rings. The number of carbonyl (C=O) groups is 1. The smallest absolute Gasteiger partial charge is 0.271 e. The van der Waals surface area contributed by atoms with Gasteiger partial charge in [-0.25, -0.2) is 4.98 Å². The summed E-state index contributed by atoms with van der Waals surface area (Å²) >= 11 is 6.27. The molecule has 0 fully saturated rings. The van der Waals surface area contributed by atoms with Gasteiger partial charge in [-0.15, -0.1) is 0 Å². The Kier molecular flexibility index (Phi) is 6.68. The standard InChI is InChI=1S/C21H22ClN3O3/c1-14(26)19(25-21(27)20-12-23-13-24-20)9-10-28-16-6-4-5-15(11-16)17-7-2-3-8-18(17)22/h2-8,11-14,19,26H,9-10H2,1H3,(H,23,24)(H,25,27)/t14-,19+/m0/s1. The van der Waals surface area contributed by atoms with E-state index in [-0.39, 0.29) is 11.6 Å². The van der Waals surface area contributed by atoms with Gasteiger partial charge in [0.2, 0.25) is 0 Å². The molecule has 6 nitrogen and oxygen atoms in total. The molecule has 0 aliphatic carbocycles. The van der Waals surface area contributed by atoms with Crippen molar-refractivity contribution in [1.82, 2.24) is 15.3 Å². The Balaban J connectivity index is 1.59. The molecule has 1 heterocycles. The Morgan fingerprint density at radius 2 is 2.11 bits per heavy atom. The molecule has 2 atom stereocenters. The number of amides is 1. The van der Waals surface area contributed by atoms with Crippen LogP contribution in [-0.4, -0.2) is 39.7 Å². The molecule has 0 bridgehead atoms. The van der Waals surface area contributed by atoms with Gasteiger partial charge >= 0.3 is 0 Å². The maximum Gasteiger partial charge on any atom is 0.271 e. The summed E-state index contributed by atoms with van der Waals surface area (Å²) < 4.78 is 5.83. The number of aliphatic hydroxyl groups excluding tert-OH is 1. The highest BCUT2D eigenvalue weighted by molar-refractivity contribution is 6.33. The van der Waals surface area contributed by atoms with Crippen LogP contribution in [0.2, 0.25) is 5.02 Å². The highest BCUT2D eigenvalue weighted by Crippen LogP contribution is 2.29. The van der Waals surface area contributed by atoms with Gasteiger partial charge in [-0.05, 0) is 30.7 Å². The summed E-state index contributed by atoms with van der Waals surface area (Å²) in [6, 6.07) is 14.8. The van der Waals surface area contributed by atoms with Crippen LogP contribution in [0.5, 0.6) is 5.75 Å². The van der Waals surface area contributed by atoms with Crippen LogP contribution in [0.1, 0.15) is 23.8 Å². The third kappa shape index (κ3) is 5.12. The first kappa shape index (κ1) is 19.9. The number of aliphatic hydroxyl groups is 1. The molecule has 0 unspecified atom stereocenters. The van der Waals surface area contributed by atoms with E-state index in [1.54, 1.807) is 6.92 Å². The average Bonchev–Trinajstić information content (AvgIpc) is 3.22. The molecule has 146 valence electrons. The van der Waals surface area contributed by atoms with Crippen molar-refractivity contribution >= 4 is 17.5 Å². The summed E-state index contributed by atoms with van der Waals surface area (Å²) in [7, 11) is 0. The Hall–Kier alpha value is -2.83. The fourth-order valence-electron chi connectivity index (χ4n) is 2.81. The van der Waals surface area contributed by atoms with E-state index in [9.17, 15) is 9.90 Å². The summed E-state index contributed by atoms with van der Waals surface area (Å²) in [5.41, 5.74) is 2.17. The van der Waals surface area contributed by atoms with Gasteiger partial charge in [-0.3, -0.25) is 4.79 Å². The van der Waals surface area contributed by atoms with E-state index < -0.39 is 12.1 Å². The lowest BCUT2D eigenvalue weighted by molar-refractivity contribution is 0.0827. The molecular formula is C21H22ClN3O3. The van der Waals surface area contributed by atoms with Gasteiger partial charge in [0, 0.05) is 23.2 Å². The van der Waals surface area contributed by atoms with Crippen molar-refractivity contribution in [2.24, 2.45) is 0 Å². The maximum absolute atomic E-state index is 12.1. The predicted octanol–water partition coefficient (Wildman–Crippen LogP) is 3.68. The van der Waals surface area contributed by atoms with E-state index in [4.69, 9.17) is 16.3 Å². The number of nitrogens with zero attached hydrogens (tertiary/aromatic N) is 1. The topological polar surface area (TPSA) is 87.2 Å². The zero-order valence-electron chi connectivity index (χ0n) is 15.4. The van der Waals surface area contributed by atoms with Crippen molar-refractivity contribution in [3.63, 3.8) is 0 Å². The number of H-pyrrole nitrogens is 1. The van der Waals surface area contributed by atoms with Crippen LogP contribution >= 0.6 is 11.6 Å². The molecule has 0 spiro atoms. The first-order valence-corrected chi connectivity index (χ1v) is 9.38. The first-order valence-electron chi connectivity index (χ1n) is 9.00. The molecule has 0 saturated carbocycles. The minimum Gasteiger partial charge on any atom is -0.493 e. The van der Waals surface area contributed by atoms with Gasteiger partial charge in [0.05, 0.1) is 25.1 Å². The Morgan fingerprint density at radius 1 is 1.29 bits per heavy atom. The summed E-state index contributed by atoms with van der Waals surface area (Å²) in [6.45, 7) is 1.97. The number of rotatable bonds is 8. The minimum atomic E-state index is -0.721. The molecule has 28 heavy (non-hydrogen) atoms. The quantitative estimate of drug-likeness (QED) is 0.539. The van der Waals surface area contributed by atoms with E-state index in [2.05, 4.69) is 15.3 Å². The zero-order chi connectivity index (χ0) is 19.9. The molecule has 7 heteroatoms. The lowest BCUT2D eigenvalue weighted by Gasteiger charge is -2.21. The first-order chi connectivity index (χ1) is 13.5. The van der Waals surface area contributed by atoms with Crippen LogP contribution in [0.25, 0.3) is 11.1 Å². The second-order valence-electron chi connectivity index (χ2n) is 6.42. The van der Waals surface area contributed by atoms with E-state index in [1.807, 2.05) is 48.5 Å². The van der Waals surface area contributed by atoms with Crippen LogP contribution in [0.3, 0.4) is 0 Å². The molecule has 1 amide bonds. The molecule has 0 saturated heterocycles. The van der Waals surface area contributed by atoms with E-state index in [0.717, 1.165) is 11.1 Å². The number of carbonyl (C=O) groups excluding carboxylic acids is 1. The lowest BCUT2D eigenvalue weighted by Crippen LogP contribution is -2.43. The van der Waals surface area contributed by atoms with Crippen LogP contribution in [0.4, 0.5) is 0 Å². The third-order valence-electron chi connectivity index (χ3n) is 4.35. The number of aromatic nitrogens is 2. The molecule has 3 N–H and O–H groups in total. The molecule has 1 aromatic heterocycles. The number of benzene rings is 2. The van der Waals surface area contributed by atoms with Gasteiger partial charge in [-0.1, -0.05) is 41.9 Å². The van der Waals surface area contributed by atoms with Crippen LogP contribution in [0.15, 0.2) is 61.1 Å². The van der Waals surface area contributed by atoms with Crippen molar-refractivity contribution in [2.75, 3.05) is 6.61 Å². The Labute approximate surface area is 168 Å². The van der Waals surface area contributed by atoms with E-state index in [0.29, 0.717) is 23.8 Å². The second-order valence-corrected chi connectivity index (χ2v) is 6.83. The Bertz CT molecular complexity index is 913. The fraction of sp³-hybridized carbons (Fsp3) is 0.238. The third-order valence-corrected chi connectivity index (χ3v) is 4.68. The maximum atomic E-state index is 12.1. The number of imidazole rings is 1. The monoisotopic (exact) mass is 399 g/mol. The molecule has 0 radical (unpaired) electrons. The predicted molar refractivity (Wildman–Crippen MR) is 109 cm³/mol. The largest absolute Gasteiger partial charge is 0.493 e. The molecular weight excluding hydrogens is 378 g/mol. The number of halogens is 1. The van der Waals surface area contributed by atoms with Crippen molar-refractivity contribution in [1.29, 1.82) is 0 Å². The van der Waals surface area contributed by atoms with E-state index in [1.165, 1.54) is 12.5 Å². The van der Waals surface area contributed by atoms with Crippen LogP contribution in [-0.2, 0) is 0 Å². The second kappa shape index (κ2) is 9.39. The van der Waals surface area contributed by atoms with Crippen molar-refractivity contribution in [2.45, 2.75) is 25.5 Å². The lowest BCUT2D eigenvalue weighted by atomic mass is 10.1. The summed E-state index contributed by atoms with van der Waals surface area (Å²) in [4.78, 5) is 18.8. The number of aromatic amines is 1. The zero-order valence-corrected chi connectivity index (χ0v) is 16.2.